The van der Waals surface area contributed by atoms with Gasteiger partial charge in [-0.05, 0) is 19.8 Å². The largest absolute Gasteiger partial charge is 0.392 e. The van der Waals surface area contributed by atoms with Crippen molar-refractivity contribution in [3.8, 4) is 0 Å². The molecule has 2 unspecified atom stereocenters. The van der Waals surface area contributed by atoms with Gasteiger partial charge in [0.15, 0.2) is 0 Å². The number of amides is 1. The minimum Gasteiger partial charge on any atom is -0.392 e. The Morgan fingerprint density at radius 1 is 1.29 bits per heavy atom. The fourth-order valence-electron chi connectivity index (χ4n) is 2.64. The Bertz CT molecular complexity index is 343. The first-order valence-electron chi connectivity index (χ1n) is 8.03. The lowest BCUT2D eigenvalue weighted by molar-refractivity contribution is -0.123. The Kier molecular flexibility index (Phi) is 8.14. The summed E-state index contributed by atoms with van der Waals surface area (Å²) in [5, 5.41) is 3.01. The lowest BCUT2D eigenvalue weighted by Gasteiger charge is -2.38. The molecule has 1 aliphatic heterocycles. The van der Waals surface area contributed by atoms with Crippen molar-refractivity contribution in [3.05, 3.63) is 0 Å². The van der Waals surface area contributed by atoms with Gasteiger partial charge in [-0.15, -0.1) is 0 Å². The average molecular weight is 314 g/mol. The van der Waals surface area contributed by atoms with Crippen LogP contribution < -0.4 is 11.1 Å². The van der Waals surface area contributed by atoms with Crippen molar-refractivity contribution in [1.29, 1.82) is 0 Å². The predicted octanol–water partition coefficient (Wildman–Crippen LogP) is 0.974. The van der Waals surface area contributed by atoms with Gasteiger partial charge in [0, 0.05) is 32.2 Å². The van der Waals surface area contributed by atoms with Crippen LogP contribution in [0.25, 0.3) is 0 Å². The molecule has 0 aromatic heterocycles. The second-order valence-corrected chi connectivity index (χ2v) is 6.37. The Morgan fingerprint density at radius 2 is 1.90 bits per heavy atom. The molecule has 0 radical (unpaired) electrons. The maximum atomic E-state index is 11.9. The minimum atomic E-state index is 0.122. The molecule has 1 rings (SSSR count). The highest BCUT2D eigenvalue weighted by Crippen LogP contribution is 2.11. The Balaban J connectivity index is 2.37. The fraction of sp³-hybridized carbons (Fsp3) is 0.867. The third kappa shape index (κ3) is 6.28. The summed E-state index contributed by atoms with van der Waals surface area (Å²) in [6.45, 7) is 10.4. The number of piperazine rings is 1. The molecule has 1 aliphatic rings. The van der Waals surface area contributed by atoms with Crippen LogP contribution in [0, 0.1) is 0 Å². The maximum absolute atomic E-state index is 11.9. The predicted molar refractivity (Wildman–Crippen MR) is 91.4 cm³/mol. The van der Waals surface area contributed by atoms with E-state index < -0.39 is 0 Å². The van der Waals surface area contributed by atoms with Crippen LogP contribution in [0.3, 0.4) is 0 Å². The molecular formula is C15H30N4OS. The number of nitrogens with two attached hydrogens (primary N) is 1. The first-order chi connectivity index (χ1) is 9.97. The number of rotatable bonds is 8. The minimum absolute atomic E-state index is 0.122. The number of carbonyl (C=O) groups is 1. The van der Waals surface area contributed by atoms with Gasteiger partial charge in [-0.1, -0.05) is 32.5 Å². The lowest BCUT2D eigenvalue weighted by atomic mass is 10.1. The molecule has 6 heteroatoms. The standard InChI is InChI=1S/C15H30N4OS/c1-4-6-13(15(16)21)19-9-7-18(8-10-19)11-14(20)17-12(3)5-2/h12-13H,4-11H2,1-3H3,(H2,16,21)(H,17,20). The summed E-state index contributed by atoms with van der Waals surface area (Å²) >= 11 is 5.18. The topological polar surface area (TPSA) is 61.6 Å². The van der Waals surface area contributed by atoms with Gasteiger partial charge in [-0.25, -0.2) is 0 Å². The zero-order valence-electron chi connectivity index (χ0n) is 13.6. The molecule has 0 saturated carbocycles. The van der Waals surface area contributed by atoms with E-state index in [4.69, 9.17) is 18.0 Å². The average Bonchev–Trinajstić information content (AvgIpc) is 2.45. The van der Waals surface area contributed by atoms with E-state index in [0.29, 0.717) is 11.5 Å². The SMILES string of the molecule is CCCC(C(N)=S)N1CCN(CC(=O)NC(C)CC)CC1. The second-order valence-electron chi connectivity index (χ2n) is 5.90. The molecule has 0 aromatic rings. The molecule has 1 fully saturated rings. The van der Waals surface area contributed by atoms with Crippen LogP contribution in [0.1, 0.15) is 40.0 Å². The van der Waals surface area contributed by atoms with Crippen LogP contribution in [0.4, 0.5) is 0 Å². The summed E-state index contributed by atoms with van der Waals surface area (Å²) in [7, 11) is 0. The van der Waals surface area contributed by atoms with E-state index in [1.807, 2.05) is 6.92 Å². The molecule has 5 nitrogen and oxygen atoms in total. The zero-order chi connectivity index (χ0) is 15.8. The second kappa shape index (κ2) is 9.33. The van der Waals surface area contributed by atoms with Crippen LogP contribution >= 0.6 is 12.2 Å². The Morgan fingerprint density at radius 3 is 2.38 bits per heavy atom. The fourth-order valence-corrected chi connectivity index (χ4v) is 2.90. The van der Waals surface area contributed by atoms with E-state index in [0.717, 1.165) is 45.4 Å². The van der Waals surface area contributed by atoms with Crippen LogP contribution in [-0.4, -0.2) is 65.5 Å². The molecule has 1 saturated heterocycles. The maximum Gasteiger partial charge on any atom is 0.234 e. The summed E-state index contributed by atoms with van der Waals surface area (Å²) in [5.41, 5.74) is 5.85. The summed E-state index contributed by atoms with van der Waals surface area (Å²) in [6.07, 6.45) is 3.07. The van der Waals surface area contributed by atoms with Crippen molar-refractivity contribution in [2.75, 3.05) is 32.7 Å². The first kappa shape index (κ1) is 18.3. The van der Waals surface area contributed by atoms with E-state index in [-0.39, 0.29) is 18.0 Å². The molecule has 122 valence electrons. The normalized spacial score (nSPS) is 20.0. The smallest absolute Gasteiger partial charge is 0.234 e. The number of nitrogens with one attached hydrogen (secondary N) is 1. The van der Waals surface area contributed by atoms with Gasteiger partial charge >= 0.3 is 0 Å². The highest BCUT2D eigenvalue weighted by atomic mass is 32.1. The van der Waals surface area contributed by atoms with Crippen LogP contribution in [0.2, 0.25) is 0 Å². The van der Waals surface area contributed by atoms with Crippen molar-refractivity contribution >= 4 is 23.1 Å². The number of hydrogen-bond donors (Lipinski definition) is 2. The molecule has 21 heavy (non-hydrogen) atoms. The monoisotopic (exact) mass is 314 g/mol. The molecular weight excluding hydrogens is 284 g/mol. The van der Waals surface area contributed by atoms with Crippen LogP contribution in [0.15, 0.2) is 0 Å². The van der Waals surface area contributed by atoms with Crippen LogP contribution in [-0.2, 0) is 4.79 Å². The van der Waals surface area contributed by atoms with Crippen LogP contribution in [0.5, 0.6) is 0 Å². The van der Waals surface area contributed by atoms with Crippen molar-refractivity contribution in [1.82, 2.24) is 15.1 Å². The van der Waals surface area contributed by atoms with Gasteiger partial charge in [-0.3, -0.25) is 14.6 Å². The van der Waals surface area contributed by atoms with Gasteiger partial charge in [0.25, 0.3) is 0 Å². The van der Waals surface area contributed by atoms with E-state index in [2.05, 4.69) is 29.0 Å². The molecule has 1 amide bonds. The Hall–Kier alpha value is -0.720. The summed E-state index contributed by atoms with van der Waals surface area (Å²) in [4.78, 5) is 17.1. The van der Waals surface area contributed by atoms with Gasteiger partial charge in [-0.2, -0.15) is 0 Å². The Labute approximate surface area is 134 Å². The van der Waals surface area contributed by atoms with Crippen molar-refractivity contribution < 1.29 is 4.79 Å². The molecule has 0 bridgehead atoms. The highest BCUT2D eigenvalue weighted by molar-refractivity contribution is 7.80. The number of carbonyl (C=O) groups excluding carboxylic acids is 1. The molecule has 2 atom stereocenters. The molecule has 0 spiro atoms. The van der Waals surface area contributed by atoms with E-state index in [1.165, 1.54) is 0 Å². The highest BCUT2D eigenvalue weighted by Gasteiger charge is 2.25. The van der Waals surface area contributed by atoms with Gasteiger partial charge < -0.3 is 11.1 Å². The zero-order valence-corrected chi connectivity index (χ0v) is 14.4. The third-order valence-corrected chi connectivity index (χ3v) is 4.40. The van der Waals surface area contributed by atoms with E-state index >= 15 is 0 Å². The third-order valence-electron chi connectivity index (χ3n) is 4.13. The summed E-state index contributed by atoms with van der Waals surface area (Å²) in [5.74, 6) is 0.122. The molecule has 3 N–H and O–H groups in total. The summed E-state index contributed by atoms with van der Waals surface area (Å²) < 4.78 is 0. The van der Waals surface area contributed by atoms with Gasteiger partial charge in [0.05, 0.1) is 17.6 Å². The van der Waals surface area contributed by atoms with Crippen molar-refractivity contribution in [3.63, 3.8) is 0 Å². The van der Waals surface area contributed by atoms with Crippen molar-refractivity contribution in [2.24, 2.45) is 5.73 Å². The first-order valence-corrected chi connectivity index (χ1v) is 8.43. The summed E-state index contributed by atoms with van der Waals surface area (Å²) in [6, 6.07) is 0.462. The molecule has 0 aromatic carbocycles. The number of thiocarbonyl (C=S) groups is 1. The molecule has 0 aliphatic carbocycles. The number of nitrogens with zero attached hydrogens (tertiary/aromatic N) is 2. The van der Waals surface area contributed by atoms with E-state index in [9.17, 15) is 4.79 Å². The van der Waals surface area contributed by atoms with Gasteiger partial charge in [0.1, 0.15) is 0 Å². The lowest BCUT2D eigenvalue weighted by Crippen LogP contribution is -2.55. The van der Waals surface area contributed by atoms with Gasteiger partial charge in [0.2, 0.25) is 5.91 Å². The molecule has 1 heterocycles. The van der Waals surface area contributed by atoms with E-state index in [1.54, 1.807) is 0 Å². The quantitative estimate of drug-likeness (QED) is 0.654. The number of hydrogen-bond acceptors (Lipinski definition) is 4. The van der Waals surface area contributed by atoms with Crippen molar-refractivity contribution in [2.45, 2.75) is 52.1 Å².